The average molecular weight is 1030 g/mol. The molecule has 0 radical (unpaired) electrons. The normalized spacial score (nSPS) is 13.0. The Balaban J connectivity index is 4.21. The van der Waals surface area contributed by atoms with E-state index in [1.54, 1.807) is 0 Å². The summed E-state index contributed by atoms with van der Waals surface area (Å²) < 4.78 is 16.8. The lowest BCUT2D eigenvalue weighted by Crippen LogP contribution is -2.30. The molecule has 0 N–H and O–H groups in total. The van der Waals surface area contributed by atoms with Crippen LogP contribution in [0.2, 0.25) is 0 Å². The first-order valence-electron chi connectivity index (χ1n) is 30.5. The van der Waals surface area contributed by atoms with Crippen molar-refractivity contribution in [3.05, 3.63) is 122 Å². The lowest BCUT2D eigenvalue weighted by atomic mass is 10.0. The van der Waals surface area contributed by atoms with Crippen LogP contribution in [0.1, 0.15) is 271 Å². The minimum atomic E-state index is -0.796. The highest BCUT2D eigenvalue weighted by molar-refractivity contribution is 5.71. The van der Waals surface area contributed by atoms with Gasteiger partial charge in [-0.1, -0.05) is 264 Å². The van der Waals surface area contributed by atoms with Gasteiger partial charge in [-0.05, 0) is 109 Å². The molecule has 420 valence electrons. The molecule has 0 aromatic heterocycles. The third kappa shape index (κ3) is 58.7. The van der Waals surface area contributed by atoms with Crippen molar-refractivity contribution in [2.75, 3.05) is 13.2 Å². The molecule has 6 nitrogen and oxygen atoms in total. The topological polar surface area (TPSA) is 78.9 Å². The van der Waals surface area contributed by atoms with Gasteiger partial charge in [0.25, 0.3) is 0 Å². The largest absolute Gasteiger partial charge is 0.462 e. The molecule has 74 heavy (non-hydrogen) atoms. The third-order valence-electron chi connectivity index (χ3n) is 12.7. The Morgan fingerprint density at radius 1 is 0.284 bits per heavy atom. The summed E-state index contributed by atoms with van der Waals surface area (Å²) in [4.78, 5) is 38.1. The molecule has 0 aliphatic carbocycles. The summed E-state index contributed by atoms with van der Waals surface area (Å²) in [5.41, 5.74) is 0. The van der Waals surface area contributed by atoms with E-state index in [4.69, 9.17) is 14.2 Å². The molecule has 0 saturated heterocycles. The molecule has 0 saturated carbocycles. The molecule has 1 atom stereocenters. The number of allylic oxidation sites excluding steroid dienone is 20. The van der Waals surface area contributed by atoms with E-state index in [2.05, 4.69) is 142 Å². The summed E-state index contributed by atoms with van der Waals surface area (Å²) in [6.45, 7) is 6.36. The fraction of sp³-hybridized carbons (Fsp3) is 0.662. The molecule has 0 fully saturated rings. The fourth-order valence-electron chi connectivity index (χ4n) is 8.20. The fourth-order valence-corrected chi connectivity index (χ4v) is 8.20. The summed E-state index contributed by atoms with van der Waals surface area (Å²) in [6, 6.07) is 0. The Hall–Kier alpha value is -4.19. The highest BCUT2D eigenvalue weighted by atomic mass is 16.6. The van der Waals surface area contributed by atoms with Gasteiger partial charge in [-0.15, -0.1) is 0 Å². The molecule has 0 aliphatic rings. The van der Waals surface area contributed by atoms with Crippen LogP contribution in [0.4, 0.5) is 0 Å². The average Bonchev–Trinajstić information content (AvgIpc) is 3.40. The molecule has 0 bridgehead atoms. The quantitative estimate of drug-likeness (QED) is 0.0261. The van der Waals surface area contributed by atoms with Gasteiger partial charge in [0.15, 0.2) is 6.10 Å². The smallest absolute Gasteiger partial charge is 0.306 e. The maximum absolute atomic E-state index is 12.8. The number of hydrogen-bond donors (Lipinski definition) is 0. The number of unbranched alkanes of at least 4 members (excludes halogenated alkanes) is 23. The zero-order valence-electron chi connectivity index (χ0n) is 48.1. The predicted molar refractivity (Wildman–Crippen MR) is 320 cm³/mol. The zero-order chi connectivity index (χ0) is 53.6. The lowest BCUT2D eigenvalue weighted by molar-refractivity contribution is -0.167. The van der Waals surface area contributed by atoms with Gasteiger partial charge in [0.2, 0.25) is 0 Å². The van der Waals surface area contributed by atoms with Crippen LogP contribution in [0.15, 0.2) is 122 Å². The second-order valence-electron chi connectivity index (χ2n) is 19.9. The van der Waals surface area contributed by atoms with Crippen LogP contribution in [0, 0.1) is 0 Å². The molecule has 0 aliphatic heterocycles. The summed E-state index contributed by atoms with van der Waals surface area (Å²) in [5, 5.41) is 0. The second kappa shape index (κ2) is 61.4. The highest BCUT2D eigenvalue weighted by Gasteiger charge is 2.19. The standard InChI is InChI=1S/C68H112O6/c1-4-7-10-13-16-19-21-23-25-27-29-30-31-32-33-34-35-36-37-38-40-41-43-45-47-49-52-55-58-61-67(70)73-64-65(63-72-66(69)60-57-54-51-18-15-12-9-6-3)74-68(71)62-59-56-53-50-48-46-44-42-39-28-26-24-22-20-17-14-11-8-5-2/h7-8,10-11,16-17,19-20,23-26,29-30,32-33,39,42,46,48,65H,4-6,9,12-15,18,21-22,27-28,31,34-38,40-41,43-45,47,49-64H2,1-3H3/b10-7-,11-8-,19-16-,20-17-,25-23-,26-24-,30-29-,33-32-,42-39-,48-46-. The Morgan fingerprint density at radius 3 is 0.838 bits per heavy atom. The number of esters is 3. The van der Waals surface area contributed by atoms with Gasteiger partial charge in [-0.3, -0.25) is 14.4 Å². The van der Waals surface area contributed by atoms with E-state index in [1.165, 1.54) is 103 Å². The first kappa shape index (κ1) is 69.8. The van der Waals surface area contributed by atoms with Crippen molar-refractivity contribution >= 4 is 17.9 Å². The van der Waals surface area contributed by atoms with Gasteiger partial charge in [0.05, 0.1) is 0 Å². The molecule has 0 spiro atoms. The number of carbonyl (C=O) groups excluding carboxylic acids is 3. The number of carbonyl (C=O) groups is 3. The van der Waals surface area contributed by atoms with Crippen molar-refractivity contribution in [3.8, 4) is 0 Å². The van der Waals surface area contributed by atoms with E-state index in [9.17, 15) is 14.4 Å². The van der Waals surface area contributed by atoms with Crippen LogP contribution >= 0.6 is 0 Å². The summed E-state index contributed by atoms with van der Waals surface area (Å²) in [7, 11) is 0. The van der Waals surface area contributed by atoms with Gasteiger partial charge < -0.3 is 14.2 Å². The molecule has 0 rings (SSSR count). The van der Waals surface area contributed by atoms with Crippen molar-refractivity contribution in [1.29, 1.82) is 0 Å². The minimum Gasteiger partial charge on any atom is -0.462 e. The van der Waals surface area contributed by atoms with Crippen LogP contribution < -0.4 is 0 Å². The maximum atomic E-state index is 12.8. The van der Waals surface area contributed by atoms with Crippen molar-refractivity contribution in [2.45, 2.75) is 277 Å². The van der Waals surface area contributed by atoms with E-state index in [0.29, 0.717) is 12.8 Å². The van der Waals surface area contributed by atoms with E-state index in [-0.39, 0.29) is 37.5 Å². The lowest BCUT2D eigenvalue weighted by Gasteiger charge is -2.18. The molecule has 0 amide bonds. The first-order chi connectivity index (χ1) is 36.5. The van der Waals surface area contributed by atoms with Crippen molar-refractivity contribution < 1.29 is 28.6 Å². The SMILES string of the molecule is CC/C=C\C/C=C\C/C=C\C/C=C\C/C=C\CCCCCCCCCCCCCCCC(=O)OCC(COC(=O)CCCCCCCCCC)OC(=O)CCCCC/C=C\C/C=C\C/C=C\C/C=C\C/C=C\CC. The number of ether oxygens (including phenoxy) is 3. The van der Waals surface area contributed by atoms with Crippen LogP contribution in [-0.2, 0) is 28.6 Å². The summed E-state index contributed by atoms with van der Waals surface area (Å²) >= 11 is 0. The maximum Gasteiger partial charge on any atom is 0.306 e. The first-order valence-corrected chi connectivity index (χ1v) is 30.5. The van der Waals surface area contributed by atoms with Crippen molar-refractivity contribution in [3.63, 3.8) is 0 Å². The Morgan fingerprint density at radius 2 is 0.527 bits per heavy atom. The van der Waals surface area contributed by atoms with Gasteiger partial charge in [0.1, 0.15) is 13.2 Å². The molecule has 1 unspecified atom stereocenters. The Bertz CT molecular complexity index is 1550. The van der Waals surface area contributed by atoms with Gasteiger partial charge in [-0.25, -0.2) is 0 Å². The molecule has 0 heterocycles. The minimum absolute atomic E-state index is 0.0919. The predicted octanol–water partition coefficient (Wildman–Crippen LogP) is 20.8. The Labute approximate surface area is 456 Å². The Kier molecular flexibility index (Phi) is 57.9. The summed E-state index contributed by atoms with van der Waals surface area (Å²) in [6.07, 6.45) is 85.0. The molecular formula is C68H112O6. The summed E-state index contributed by atoms with van der Waals surface area (Å²) in [5.74, 6) is -0.929. The zero-order valence-corrected chi connectivity index (χ0v) is 48.1. The molecule has 0 aromatic carbocycles. The van der Waals surface area contributed by atoms with Crippen LogP contribution in [0.3, 0.4) is 0 Å². The molecular weight excluding hydrogens is 913 g/mol. The highest BCUT2D eigenvalue weighted by Crippen LogP contribution is 2.15. The van der Waals surface area contributed by atoms with Crippen LogP contribution in [0.5, 0.6) is 0 Å². The van der Waals surface area contributed by atoms with Gasteiger partial charge >= 0.3 is 17.9 Å². The van der Waals surface area contributed by atoms with E-state index in [0.717, 1.165) is 128 Å². The monoisotopic (exact) mass is 1020 g/mol. The number of rotatable bonds is 54. The van der Waals surface area contributed by atoms with Crippen molar-refractivity contribution in [1.82, 2.24) is 0 Å². The second-order valence-corrected chi connectivity index (χ2v) is 19.9. The molecule has 0 aromatic rings. The van der Waals surface area contributed by atoms with Gasteiger partial charge in [-0.2, -0.15) is 0 Å². The van der Waals surface area contributed by atoms with Crippen LogP contribution in [0.25, 0.3) is 0 Å². The molecule has 6 heteroatoms. The third-order valence-corrected chi connectivity index (χ3v) is 12.7. The van der Waals surface area contributed by atoms with E-state index < -0.39 is 6.10 Å². The van der Waals surface area contributed by atoms with Gasteiger partial charge in [0, 0.05) is 19.3 Å². The van der Waals surface area contributed by atoms with Crippen LogP contribution in [-0.4, -0.2) is 37.2 Å². The van der Waals surface area contributed by atoms with E-state index >= 15 is 0 Å². The van der Waals surface area contributed by atoms with Crippen molar-refractivity contribution in [2.24, 2.45) is 0 Å². The number of hydrogen-bond acceptors (Lipinski definition) is 6. The van der Waals surface area contributed by atoms with E-state index in [1.807, 2.05) is 0 Å².